The topological polar surface area (TPSA) is 67.4 Å². The largest absolute Gasteiger partial charge is 0.426 e. The number of ether oxygens (including phenoxy) is 1. The minimum absolute atomic E-state index is 0.190. The molecule has 3 aromatic rings. The van der Waals surface area contributed by atoms with Crippen molar-refractivity contribution in [3.8, 4) is 16.9 Å². The number of rotatable bonds is 3. The first-order chi connectivity index (χ1) is 13.7. The van der Waals surface area contributed by atoms with Crippen LogP contribution in [0.4, 0.5) is 5.95 Å². The highest BCUT2D eigenvalue weighted by Crippen LogP contribution is 2.32. The number of anilines is 1. The Kier molecular flexibility index (Phi) is 4.20. The number of nitrogens with zero attached hydrogens (tertiary/aromatic N) is 3. The molecule has 0 bridgehead atoms. The Labute approximate surface area is 163 Å². The number of carbonyl (C=O) groups excluding carboxylic acids is 1. The van der Waals surface area contributed by atoms with Crippen molar-refractivity contribution in [2.24, 2.45) is 0 Å². The quantitative estimate of drug-likeness (QED) is 0.562. The van der Waals surface area contributed by atoms with Crippen molar-refractivity contribution in [1.82, 2.24) is 15.3 Å². The third-order valence-electron chi connectivity index (χ3n) is 5.70. The summed E-state index contributed by atoms with van der Waals surface area (Å²) in [5.41, 5.74) is 3.96. The first kappa shape index (κ1) is 17.1. The molecule has 1 saturated heterocycles. The summed E-state index contributed by atoms with van der Waals surface area (Å²) < 4.78 is 5.28. The van der Waals surface area contributed by atoms with Gasteiger partial charge in [-0.25, -0.2) is 9.97 Å². The van der Waals surface area contributed by atoms with Crippen LogP contribution < -0.4 is 15.0 Å². The molecular formula is C22H22N4O2. The van der Waals surface area contributed by atoms with E-state index in [1.165, 1.54) is 0 Å². The van der Waals surface area contributed by atoms with Crippen molar-refractivity contribution in [1.29, 1.82) is 0 Å². The number of carbonyl (C=O) groups is 1. The van der Waals surface area contributed by atoms with Gasteiger partial charge < -0.3 is 15.0 Å². The van der Waals surface area contributed by atoms with Gasteiger partial charge in [0.15, 0.2) is 0 Å². The number of hydrogen-bond donors (Lipinski definition) is 1. The zero-order valence-electron chi connectivity index (χ0n) is 15.8. The van der Waals surface area contributed by atoms with Gasteiger partial charge in [0.25, 0.3) is 0 Å². The van der Waals surface area contributed by atoms with Crippen LogP contribution in [0.5, 0.6) is 5.75 Å². The maximum absolute atomic E-state index is 11.5. The molecule has 142 valence electrons. The van der Waals surface area contributed by atoms with Crippen molar-refractivity contribution in [2.45, 2.75) is 25.3 Å². The number of aromatic nitrogens is 2. The molecule has 0 aliphatic carbocycles. The maximum atomic E-state index is 11.5. The number of hydrogen-bond acceptors (Lipinski definition) is 6. The highest BCUT2D eigenvalue weighted by atomic mass is 16.5. The number of piperidine rings is 1. The minimum Gasteiger partial charge on any atom is -0.426 e. The molecule has 5 rings (SSSR count). The third kappa shape index (κ3) is 3.10. The molecule has 0 amide bonds. The molecule has 0 spiro atoms. The molecule has 3 heterocycles. The molecule has 0 radical (unpaired) electrons. The lowest BCUT2D eigenvalue weighted by Crippen LogP contribution is -2.41. The fourth-order valence-corrected chi connectivity index (χ4v) is 4.02. The lowest BCUT2D eigenvalue weighted by Gasteiger charge is -2.31. The molecule has 0 unspecified atom stereocenters. The first-order valence-electron chi connectivity index (χ1n) is 9.72. The van der Waals surface area contributed by atoms with Crippen LogP contribution in [0.15, 0.2) is 42.6 Å². The predicted octanol–water partition coefficient (Wildman–Crippen LogP) is 2.95. The second-order valence-corrected chi connectivity index (χ2v) is 7.51. The third-order valence-corrected chi connectivity index (χ3v) is 5.70. The summed E-state index contributed by atoms with van der Waals surface area (Å²) in [5.74, 6) is 1.25. The highest BCUT2D eigenvalue weighted by molar-refractivity contribution is 5.86. The van der Waals surface area contributed by atoms with Gasteiger partial charge in [-0.2, -0.15) is 0 Å². The maximum Gasteiger partial charge on any atom is 0.315 e. The van der Waals surface area contributed by atoms with Crippen molar-refractivity contribution in [3.05, 3.63) is 48.2 Å². The van der Waals surface area contributed by atoms with E-state index in [9.17, 15) is 4.79 Å². The van der Waals surface area contributed by atoms with Crippen LogP contribution in [0, 0.1) is 0 Å². The van der Waals surface area contributed by atoms with E-state index in [1.54, 1.807) is 0 Å². The molecule has 0 atom stereocenters. The van der Waals surface area contributed by atoms with Gasteiger partial charge in [-0.15, -0.1) is 0 Å². The van der Waals surface area contributed by atoms with E-state index in [0.717, 1.165) is 59.5 Å². The van der Waals surface area contributed by atoms with Gasteiger partial charge in [-0.3, -0.25) is 4.79 Å². The lowest BCUT2D eigenvalue weighted by molar-refractivity contribution is -0.131. The molecule has 6 heteroatoms. The normalized spacial score (nSPS) is 16.8. The summed E-state index contributed by atoms with van der Waals surface area (Å²) >= 11 is 0. The van der Waals surface area contributed by atoms with E-state index < -0.39 is 0 Å². The van der Waals surface area contributed by atoms with E-state index in [2.05, 4.69) is 34.4 Å². The average molecular weight is 374 g/mol. The van der Waals surface area contributed by atoms with Crippen LogP contribution in [-0.4, -0.2) is 42.1 Å². The minimum atomic E-state index is -0.190. The summed E-state index contributed by atoms with van der Waals surface area (Å²) in [6.45, 7) is 2.09. The van der Waals surface area contributed by atoms with Gasteiger partial charge in [0.2, 0.25) is 5.95 Å². The average Bonchev–Trinajstić information content (AvgIpc) is 3.12. The highest BCUT2D eigenvalue weighted by Gasteiger charge is 2.21. The van der Waals surface area contributed by atoms with Crippen LogP contribution in [-0.2, 0) is 11.2 Å². The van der Waals surface area contributed by atoms with E-state index in [-0.39, 0.29) is 5.97 Å². The second-order valence-electron chi connectivity index (χ2n) is 7.51. The Balaban J connectivity index is 1.44. The summed E-state index contributed by atoms with van der Waals surface area (Å²) in [6, 6.07) is 12.6. The van der Waals surface area contributed by atoms with Gasteiger partial charge in [-0.1, -0.05) is 18.2 Å². The Morgan fingerprint density at radius 1 is 1.11 bits per heavy atom. The lowest BCUT2D eigenvalue weighted by atomic mass is 10.0. The van der Waals surface area contributed by atoms with Gasteiger partial charge in [0.1, 0.15) is 5.75 Å². The van der Waals surface area contributed by atoms with Gasteiger partial charge in [0, 0.05) is 30.2 Å². The fourth-order valence-electron chi connectivity index (χ4n) is 4.02. The van der Waals surface area contributed by atoms with Crippen LogP contribution in [0.1, 0.15) is 18.4 Å². The Hall–Kier alpha value is -2.99. The van der Waals surface area contributed by atoms with Gasteiger partial charge in [-0.05, 0) is 55.3 Å². The Morgan fingerprint density at radius 2 is 1.89 bits per heavy atom. The summed E-state index contributed by atoms with van der Waals surface area (Å²) in [5, 5.41) is 4.39. The summed E-state index contributed by atoms with van der Waals surface area (Å²) in [4.78, 5) is 23.1. The van der Waals surface area contributed by atoms with Gasteiger partial charge >= 0.3 is 5.97 Å². The van der Waals surface area contributed by atoms with E-state index in [0.29, 0.717) is 18.2 Å². The van der Waals surface area contributed by atoms with Crippen LogP contribution in [0.3, 0.4) is 0 Å². The summed E-state index contributed by atoms with van der Waals surface area (Å²) in [6.07, 6.45) is 4.47. The molecule has 0 saturated carbocycles. The van der Waals surface area contributed by atoms with Crippen molar-refractivity contribution >= 4 is 22.8 Å². The number of esters is 1. The molecule has 28 heavy (non-hydrogen) atoms. The zero-order valence-corrected chi connectivity index (χ0v) is 15.8. The Morgan fingerprint density at radius 3 is 2.75 bits per heavy atom. The van der Waals surface area contributed by atoms with Crippen molar-refractivity contribution < 1.29 is 9.53 Å². The smallest absolute Gasteiger partial charge is 0.315 e. The second kappa shape index (κ2) is 6.87. The monoisotopic (exact) mass is 374 g/mol. The molecule has 6 nitrogen and oxygen atoms in total. The van der Waals surface area contributed by atoms with Crippen molar-refractivity contribution in [3.63, 3.8) is 0 Å². The van der Waals surface area contributed by atoms with Gasteiger partial charge in [0.05, 0.1) is 11.9 Å². The zero-order chi connectivity index (χ0) is 19.1. The van der Waals surface area contributed by atoms with Crippen LogP contribution in [0.25, 0.3) is 22.0 Å². The molecule has 2 aliphatic rings. The van der Waals surface area contributed by atoms with E-state index in [4.69, 9.17) is 9.72 Å². The number of fused-ring (bicyclic) bond motifs is 2. The molecular weight excluding hydrogens is 352 g/mol. The molecule has 1 aromatic heterocycles. The van der Waals surface area contributed by atoms with Crippen LogP contribution in [0.2, 0.25) is 0 Å². The predicted molar refractivity (Wildman–Crippen MR) is 109 cm³/mol. The van der Waals surface area contributed by atoms with Crippen LogP contribution >= 0.6 is 0 Å². The molecule has 2 aliphatic heterocycles. The fraction of sp³-hybridized carbons (Fsp3) is 0.318. The molecule has 1 N–H and O–H groups in total. The van der Waals surface area contributed by atoms with E-state index >= 15 is 0 Å². The Bertz CT molecular complexity index is 1060. The SMILES string of the molecule is CN(c1ncc2cc(-c3ccc4c(c3)OC(=O)C4)ccc2n1)C1CCNCC1. The molecule has 2 aromatic carbocycles. The molecule has 1 fully saturated rings. The first-order valence-corrected chi connectivity index (χ1v) is 9.72. The number of benzene rings is 2. The van der Waals surface area contributed by atoms with Crippen molar-refractivity contribution in [2.75, 3.05) is 25.0 Å². The summed E-state index contributed by atoms with van der Waals surface area (Å²) in [7, 11) is 2.08. The number of nitrogens with one attached hydrogen (secondary N) is 1. The standard InChI is InChI=1S/C22H22N4O2/c1-26(18-6-8-23-9-7-18)22-24-13-17-10-14(4-5-19(17)25-22)15-2-3-16-12-21(27)28-20(16)11-15/h2-5,10-11,13,18,23H,6-9,12H2,1H3. The van der Waals surface area contributed by atoms with E-state index in [1.807, 2.05) is 30.5 Å².